The summed E-state index contributed by atoms with van der Waals surface area (Å²) in [6, 6.07) is 10.7. The Balaban J connectivity index is 1.95. The van der Waals surface area contributed by atoms with Crippen molar-refractivity contribution in [1.29, 1.82) is 0 Å². The minimum atomic E-state index is -2.87. The maximum atomic E-state index is 12.1. The zero-order valence-electron chi connectivity index (χ0n) is 13.2. The Morgan fingerprint density at radius 2 is 1.84 bits per heavy atom. The lowest BCUT2D eigenvalue weighted by atomic mass is 10.1. The monoisotopic (exact) mass is 385 g/mol. The Labute approximate surface area is 154 Å². The second kappa shape index (κ2) is 8.83. The van der Waals surface area contributed by atoms with Gasteiger partial charge in [-0.3, -0.25) is 4.79 Å². The lowest BCUT2D eigenvalue weighted by Crippen LogP contribution is -2.24. The highest BCUT2D eigenvalue weighted by molar-refractivity contribution is 6.35. The van der Waals surface area contributed by atoms with Crippen molar-refractivity contribution in [3.05, 3.63) is 69.7 Å². The van der Waals surface area contributed by atoms with E-state index in [1.54, 1.807) is 43.3 Å². The molecule has 2 rings (SSSR count). The Morgan fingerprint density at radius 3 is 2.44 bits per heavy atom. The van der Waals surface area contributed by atoms with Gasteiger partial charge in [0, 0.05) is 16.1 Å². The van der Waals surface area contributed by atoms with Crippen molar-refractivity contribution in [1.82, 2.24) is 5.32 Å². The van der Waals surface area contributed by atoms with E-state index in [2.05, 4.69) is 10.1 Å². The van der Waals surface area contributed by atoms with Gasteiger partial charge in [-0.05, 0) is 48.4 Å². The first kappa shape index (κ1) is 19.2. The van der Waals surface area contributed by atoms with Crippen molar-refractivity contribution in [2.24, 2.45) is 0 Å². The van der Waals surface area contributed by atoms with Crippen LogP contribution in [0, 0.1) is 0 Å². The number of nitrogens with one attached hydrogen (secondary N) is 1. The fourth-order valence-electron chi connectivity index (χ4n) is 2.12. The first-order valence-electron chi connectivity index (χ1n) is 7.33. The molecule has 3 nitrogen and oxygen atoms in total. The molecule has 0 aromatic heterocycles. The van der Waals surface area contributed by atoms with Gasteiger partial charge in [0.05, 0.1) is 6.04 Å². The Kier molecular flexibility index (Phi) is 6.79. The number of hydrogen-bond donors (Lipinski definition) is 1. The summed E-state index contributed by atoms with van der Waals surface area (Å²) in [6.45, 7) is -1.06. The summed E-state index contributed by atoms with van der Waals surface area (Å²) in [5.41, 5.74) is 1.43. The Bertz CT molecular complexity index is 764. The van der Waals surface area contributed by atoms with Crippen LogP contribution in [-0.2, 0) is 4.79 Å². The highest BCUT2D eigenvalue weighted by Gasteiger charge is 2.11. The van der Waals surface area contributed by atoms with Crippen molar-refractivity contribution < 1.29 is 18.3 Å². The SMILES string of the molecule is C[C@@H](NC(=O)/C=C/c1ccc(OC(F)F)cc1)c1ccc(Cl)cc1Cl. The molecule has 0 aliphatic carbocycles. The van der Waals surface area contributed by atoms with E-state index >= 15 is 0 Å². The van der Waals surface area contributed by atoms with Crippen LogP contribution in [0.2, 0.25) is 10.0 Å². The zero-order valence-corrected chi connectivity index (χ0v) is 14.7. The Morgan fingerprint density at radius 1 is 1.16 bits per heavy atom. The molecule has 0 unspecified atom stereocenters. The molecular formula is C18H15Cl2F2NO2. The maximum absolute atomic E-state index is 12.1. The molecule has 0 radical (unpaired) electrons. The fourth-order valence-corrected chi connectivity index (χ4v) is 2.70. The van der Waals surface area contributed by atoms with Gasteiger partial charge in [0.2, 0.25) is 5.91 Å². The molecule has 0 saturated carbocycles. The van der Waals surface area contributed by atoms with Crippen LogP contribution in [0.3, 0.4) is 0 Å². The van der Waals surface area contributed by atoms with E-state index in [-0.39, 0.29) is 17.7 Å². The number of halogens is 4. The molecule has 1 N–H and O–H groups in total. The van der Waals surface area contributed by atoms with Gasteiger partial charge in [0.25, 0.3) is 0 Å². The summed E-state index contributed by atoms with van der Waals surface area (Å²) in [5.74, 6) is -0.256. The van der Waals surface area contributed by atoms with Crippen molar-refractivity contribution in [3.63, 3.8) is 0 Å². The highest BCUT2D eigenvalue weighted by Crippen LogP contribution is 2.26. The van der Waals surface area contributed by atoms with E-state index in [0.29, 0.717) is 15.6 Å². The van der Waals surface area contributed by atoms with Gasteiger partial charge >= 0.3 is 6.61 Å². The normalized spacial score (nSPS) is 12.4. The number of ether oxygens (including phenoxy) is 1. The first-order valence-corrected chi connectivity index (χ1v) is 8.09. The molecule has 7 heteroatoms. The number of alkyl halides is 2. The molecule has 0 saturated heterocycles. The van der Waals surface area contributed by atoms with E-state index in [0.717, 1.165) is 5.56 Å². The minimum absolute atomic E-state index is 0.0580. The number of carbonyl (C=O) groups is 1. The van der Waals surface area contributed by atoms with Gasteiger partial charge in [-0.2, -0.15) is 8.78 Å². The molecule has 1 amide bonds. The van der Waals surface area contributed by atoms with Crippen LogP contribution in [0.4, 0.5) is 8.78 Å². The van der Waals surface area contributed by atoms with Crippen molar-refractivity contribution in [3.8, 4) is 5.75 Å². The molecule has 2 aromatic rings. The van der Waals surface area contributed by atoms with Gasteiger partial charge in [0.15, 0.2) is 0 Å². The van der Waals surface area contributed by atoms with Crippen LogP contribution >= 0.6 is 23.2 Å². The van der Waals surface area contributed by atoms with Crippen molar-refractivity contribution in [2.45, 2.75) is 19.6 Å². The van der Waals surface area contributed by atoms with Gasteiger partial charge < -0.3 is 10.1 Å². The second-order valence-corrected chi connectivity index (χ2v) is 6.02. The summed E-state index contributed by atoms with van der Waals surface area (Å²) in [6.07, 6.45) is 2.92. The summed E-state index contributed by atoms with van der Waals surface area (Å²) >= 11 is 12.0. The smallest absolute Gasteiger partial charge is 0.387 e. The number of rotatable bonds is 6. The maximum Gasteiger partial charge on any atom is 0.387 e. The average Bonchev–Trinajstić information content (AvgIpc) is 2.53. The van der Waals surface area contributed by atoms with E-state index in [1.165, 1.54) is 18.2 Å². The third-order valence-electron chi connectivity index (χ3n) is 3.32. The molecule has 2 aromatic carbocycles. The van der Waals surface area contributed by atoms with Crippen molar-refractivity contribution in [2.75, 3.05) is 0 Å². The van der Waals surface area contributed by atoms with E-state index in [9.17, 15) is 13.6 Å². The third-order valence-corrected chi connectivity index (χ3v) is 3.88. The average molecular weight is 386 g/mol. The fraction of sp³-hybridized carbons (Fsp3) is 0.167. The summed E-state index contributed by atoms with van der Waals surface area (Å²) in [4.78, 5) is 12.0. The zero-order chi connectivity index (χ0) is 18.4. The van der Waals surface area contributed by atoms with E-state index in [4.69, 9.17) is 23.2 Å². The van der Waals surface area contributed by atoms with Gasteiger partial charge in [-0.25, -0.2) is 0 Å². The molecule has 0 spiro atoms. The lowest BCUT2D eigenvalue weighted by molar-refractivity contribution is -0.117. The molecular weight excluding hydrogens is 371 g/mol. The van der Waals surface area contributed by atoms with Crippen LogP contribution in [0.5, 0.6) is 5.75 Å². The summed E-state index contributed by atoms with van der Waals surface area (Å²) in [7, 11) is 0. The van der Waals surface area contributed by atoms with Crippen LogP contribution < -0.4 is 10.1 Å². The van der Waals surface area contributed by atoms with E-state index in [1.807, 2.05) is 0 Å². The molecule has 0 fully saturated rings. The minimum Gasteiger partial charge on any atom is -0.435 e. The number of amides is 1. The topological polar surface area (TPSA) is 38.3 Å². The van der Waals surface area contributed by atoms with Crippen LogP contribution in [0.25, 0.3) is 6.08 Å². The molecule has 0 bridgehead atoms. The van der Waals surface area contributed by atoms with Gasteiger partial charge in [-0.15, -0.1) is 0 Å². The van der Waals surface area contributed by atoms with Crippen LogP contribution in [0.1, 0.15) is 24.1 Å². The first-order chi connectivity index (χ1) is 11.8. The molecule has 132 valence electrons. The Hall–Kier alpha value is -2.11. The molecule has 25 heavy (non-hydrogen) atoms. The third kappa shape index (κ3) is 6.03. The lowest BCUT2D eigenvalue weighted by Gasteiger charge is -2.14. The molecule has 0 aliphatic rings. The van der Waals surface area contributed by atoms with Crippen molar-refractivity contribution >= 4 is 35.2 Å². The quantitative estimate of drug-likeness (QED) is 0.668. The van der Waals surface area contributed by atoms with E-state index < -0.39 is 6.61 Å². The van der Waals surface area contributed by atoms with Crippen LogP contribution in [-0.4, -0.2) is 12.5 Å². The number of hydrogen-bond acceptors (Lipinski definition) is 2. The molecule has 1 atom stereocenters. The second-order valence-electron chi connectivity index (χ2n) is 5.18. The molecule has 0 heterocycles. The summed E-state index contributed by atoms with van der Waals surface area (Å²) in [5, 5.41) is 3.78. The number of carbonyl (C=O) groups excluding carboxylic acids is 1. The largest absolute Gasteiger partial charge is 0.435 e. The van der Waals surface area contributed by atoms with Crippen LogP contribution in [0.15, 0.2) is 48.5 Å². The predicted octanol–water partition coefficient (Wildman–Crippen LogP) is 5.49. The van der Waals surface area contributed by atoms with Gasteiger partial charge in [-0.1, -0.05) is 41.4 Å². The summed E-state index contributed by atoms with van der Waals surface area (Å²) < 4.78 is 28.4. The molecule has 0 aliphatic heterocycles. The predicted molar refractivity (Wildman–Crippen MR) is 95.1 cm³/mol. The highest BCUT2D eigenvalue weighted by atomic mass is 35.5. The standard InChI is InChI=1S/C18H15Cl2F2NO2/c1-11(15-8-5-13(19)10-16(15)20)23-17(24)9-4-12-2-6-14(7-3-12)25-18(21)22/h2-11,18H,1H3,(H,23,24)/b9-4+/t11-/m1/s1. The van der Waals surface area contributed by atoms with Gasteiger partial charge in [0.1, 0.15) is 5.75 Å². The number of benzene rings is 2.